The average molecular weight is 334 g/mol. The SMILES string of the molecule is Cc1cc(CNC(C)C)ccc1Oc1ccc(Br)cc1. The van der Waals surface area contributed by atoms with Crippen LogP contribution in [0.3, 0.4) is 0 Å². The summed E-state index contributed by atoms with van der Waals surface area (Å²) in [5.74, 6) is 1.75. The highest BCUT2D eigenvalue weighted by Gasteiger charge is 2.03. The Hall–Kier alpha value is -1.32. The van der Waals surface area contributed by atoms with Gasteiger partial charge in [0.1, 0.15) is 11.5 Å². The Kier molecular flexibility index (Phi) is 5.21. The standard InChI is InChI=1S/C17H20BrNO/c1-12(2)19-11-14-4-9-17(13(3)10-14)20-16-7-5-15(18)6-8-16/h4-10,12,19H,11H2,1-3H3. The van der Waals surface area contributed by atoms with Crippen LogP contribution >= 0.6 is 15.9 Å². The molecular weight excluding hydrogens is 314 g/mol. The second-order valence-corrected chi connectivity index (χ2v) is 6.11. The predicted octanol–water partition coefficient (Wildman–Crippen LogP) is 5.05. The van der Waals surface area contributed by atoms with Crippen molar-refractivity contribution >= 4 is 15.9 Å². The number of hydrogen-bond donors (Lipinski definition) is 1. The molecule has 0 amide bonds. The van der Waals surface area contributed by atoms with E-state index < -0.39 is 0 Å². The average Bonchev–Trinajstić information content (AvgIpc) is 2.41. The largest absolute Gasteiger partial charge is 0.457 e. The normalized spacial score (nSPS) is 10.8. The fourth-order valence-electron chi connectivity index (χ4n) is 1.89. The number of aryl methyl sites for hydroxylation is 1. The lowest BCUT2D eigenvalue weighted by Crippen LogP contribution is -2.21. The fourth-order valence-corrected chi connectivity index (χ4v) is 2.15. The summed E-state index contributed by atoms with van der Waals surface area (Å²) in [5.41, 5.74) is 2.43. The van der Waals surface area contributed by atoms with Gasteiger partial charge in [-0.25, -0.2) is 0 Å². The molecule has 0 aromatic heterocycles. The highest BCUT2D eigenvalue weighted by Crippen LogP contribution is 2.26. The number of halogens is 1. The van der Waals surface area contributed by atoms with Crippen LogP contribution in [0, 0.1) is 6.92 Å². The first-order valence-corrected chi connectivity index (χ1v) is 7.60. The monoisotopic (exact) mass is 333 g/mol. The van der Waals surface area contributed by atoms with Gasteiger partial charge in [0.05, 0.1) is 0 Å². The minimum absolute atomic E-state index is 0.494. The van der Waals surface area contributed by atoms with Gasteiger partial charge in [-0.05, 0) is 48.4 Å². The van der Waals surface area contributed by atoms with Crippen molar-refractivity contribution in [2.75, 3.05) is 0 Å². The van der Waals surface area contributed by atoms with Crippen LogP contribution in [-0.4, -0.2) is 6.04 Å². The minimum Gasteiger partial charge on any atom is -0.457 e. The van der Waals surface area contributed by atoms with E-state index in [1.165, 1.54) is 5.56 Å². The zero-order valence-corrected chi connectivity index (χ0v) is 13.7. The quantitative estimate of drug-likeness (QED) is 0.826. The molecule has 0 aliphatic rings. The first-order chi connectivity index (χ1) is 9.54. The summed E-state index contributed by atoms with van der Waals surface area (Å²) in [4.78, 5) is 0. The summed E-state index contributed by atoms with van der Waals surface area (Å²) in [6.07, 6.45) is 0. The molecule has 3 heteroatoms. The second-order valence-electron chi connectivity index (χ2n) is 5.19. The van der Waals surface area contributed by atoms with Crippen molar-refractivity contribution in [1.82, 2.24) is 5.32 Å². The Labute approximate surface area is 129 Å². The topological polar surface area (TPSA) is 21.3 Å². The lowest BCUT2D eigenvalue weighted by atomic mass is 10.1. The molecule has 0 bridgehead atoms. The maximum atomic E-state index is 5.90. The van der Waals surface area contributed by atoms with Crippen LogP contribution in [0.15, 0.2) is 46.9 Å². The van der Waals surface area contributed by atoms with Crippen LogP contribution in [-0.2, 0) is 6.54 Å². The van der Waals surface area contributed by atoms with Gasteiger partial charge in [-0.1, -0.05) is 41.9 Å². The fraction of sp³-hybridized carbons (Fsp3) is 0.294. The van der Waals surface area contributed by atoms with E-state index in [0.717, 1.165) is 28.1 Å². The van der Waals surface area contributed by atoms with Crippen molar-refractivity contribution in [1.29, 1.82) is 0 Å². The first-order valence-electron chi connectivity index (χ1n) is 6.81. The van der Waals surface area contributed by atoms with Gasteiger partial charge in [-0.3, -0.25) is 0 Å². The molecular formula is C17H20BrNO. The van der Waals surface area contributed by atoms with E-state index in [4.69, 9.17) is 4.74 Å². The zero-order chi connectivity index (χ0) is 14.5. The molecule has 0 heterocycles. The Balaban J connectivity index is 2.07. The van der Waals surface area contributed by atoms with E-state index in [9.17, 15) is 0 Å². The highest BCUT2D eigenvalue weighted by molar-refractivity contribution is 9.10. The van der Waals surface area contributed by atoms with E-state index in [-0.39, 0.29) is 0 Å². The third-order valence-corrected chi connectivity index (χ3v) is 3.52. The molecule has 20 heavy (non-hydrogen) atoms. The van der Waals surface area contributed by atoms with E-state index in [2.05, 4.69) is 54.2 Å². The van der Waals surface area contributed by atoms with Gasteiger partial charge in [0.2, 0.25) is 0 Å². The summed E-state index contributed by atoms with van der Waals surface area (Å²) >= 11 is 3.42. The van der Waals surface area contributed by atoms with Crippen molar-refractivity contribution in [2.45, 2.75) is 33.4 Å². The number of hydrogen-bond acceptors (Lipinski definition) is 2. The van der Waals surface area contributed by atoms with Gasteiger partial charge in [0.15, 0.2) is 0 Å². The molecule has 0 aliphatic carbocycles. The van der Waals surface area contributed by atoms with Crippen LogP contribution in [0.1, 0.15) is 25.0 Å². The summed E-state index contributed by atoms with van der Waals surface area (Å²) in [6.45, 7) is 7.26. The maximum absolute atomic E-state index is 5.90. The molecule has 0 spiro atoms. The first kappa shape index (κ1) is 15.1. The minimum atomic E-state index is 0.494. The molecule has 2 rings (SSSR count). The predicted molar refractivity (Wildman–Crippen MR) is 87.4 cm³/mol. The van der Waals surface area contributed by atoms with Gasteiger partial charge in [-0.2, -0.15) is 0 Å². The van der Waals surface area contributed by atoms with Gasteiger partial charge < -0.3 is 10.1 Å². The highest BCUT2D eigenvalue weighted by atomic mass is 79.9. The summed E-state index contributed by atoms with van der Waals surface area (Å²) in [5, 5.41) is 3.42. The lowest BCUT2D eigenvalue weighted by Gasteiger charge is -2.12. The van der Waals surface area contributed by atoms with E-state index in [0.29, 0.717) is 6.04 Å². The number of rotatable bonds is 5. The van der Waals surface area contributed by atoms with Crippen LogP contribution in [0.2, 0.25) is 0 Å². The number of ether oxygens (including phenoxy) is 1. The Morgan fingerprint density at radius 2 is 1.80 bits per heavy atom. The molecule has 0 atom stereocenters. The summed E-state index contributed by atoms with van der Waals surface area (Å²) in [6, 6.07) is 14.7. The molecule has 2 nitrogen and oxygen atoms in total. The molecule has 0 saturated heterocycles. The van der Waals surface area contributed by atoms with E-state index >= 15 is 0 Å². The van der Waals surface area contributed by atoms with Gasteiger partial charge in [0, 0.05) is 17.1 Å². The smallest absolute Gasteiger partial charge is 0.130 e. The molecule has 0 radical (unpaired) electrons. The number of benzene rings is 2. The lowest BCUT2D eigenvalue weighted by molar-refractivity contribution is 0.478. The molecule has 1 N–H and O–H groups in total. The maximum Gasteiger partial charge on any atom is 0.130 e. The Morgan fingerprint density at radius 3 is 2.40 bits per heavy atom. The molecule has 2 aromatic rings. The van der Waals surface area contributed by atoms with Gasteiger partial charge in [-0.15, -0.1) is 0 Å². The number of nitrogens with one attached hydrogen (secondary N) is 1. The van der Waals surface area contributed by atoms with Gasteiger partial charge >= 0.3 is 0 Å². The van der Waals surface area contributed by atoms with Crippen molar-refractivity contribution in [3.05, 3.63) is 58.1 Å². The molecule has 0 fully saturated rings. The van der Waals surface area contributed by atoms with Crippen LogP contribution in [0.25, 0.3) is 0 Å². The molecule has 2 aromatic carbocycles. The van der Waals surface area contributed by atoms with Crippen LogP contribution < -0.4 is 10.1 Å². The van der Waals surface area contributed by atoms with Crippen molar-refractivity contribution < 1.29 is 4.74 Å². The molecule has 0 saturated carbocycles. The second kappa shape index (κ2) is 6.91. The van der Waals surface area contributed by atoms with Crippen LogP contribution in [0.5, 0.6) is 11.5 Å². The van der Waals surface area contributed by atoms with Crippen molar-refractivity contribution in [3.63, 3.8) is 0 Å². The molecule has 106 valence electrons. The summed E-state index contributed by atoms with van der Waals surface area (Å²) < 4.78 is 6.96. The molecule has 0 aliphatic heterocycles. The van der Waals surface area contributed by atoms with Crippen LogP contribution in [0.4, 0.5) is 0 Å². The summed E-state index contributed by atoms with van der Waals surface area (Å²) in [7, 11) is 0. The zero-order valence-electron chi connectivity index (χ0n) is 12.1. The van der Waals surface area contributed by atoms with Crippen molar-refractivity contribution in [2.24, 2.45) is 0 Å². The third kappa shape index (κ3) is 4.36. The Morgan fingerprint density at radius 1 is 1.10 bits per heavy atom. The van der Waals surface area contributed by atoms with E-state index in [1.807, 2.05) is 30.3 Å². The van der Waals surface area contributed by atoms with E-state index in [1.54, 1.807) is 0 Å². The third-order valence-electron chi connectivity index (χ3n) is 3.00. The van der Waals surface area contributed by atoms with Gasteiger partial charge in [0.25, 0.3) is 0 Å². The van der Waals surface area contributed by atoms with Crippen molar-refractivity contribution in [3.8, 4) is 11.5 Å². The Bertz CT molecular complexity index is 564. The molecule has 0 unspecified atom stereocenters.